The third-order valence-electron chi connectivity index (χ3n) is 4.94. The highest BCUT2D eigenvalue weighted by Gasteiger charge is 2.38. The van der Waals surface area contributed by atoms with Gasteiger partial charge >= 0.3 is 0 Å². The summed E-state index contributed by atoms with van der Waals surface area (Å²) in [4.78, 5) is 20.3. The number of ketones is 1. The zero-order chi connectivity index (χ0) is 15.3. The van der Waals surface area contributed by atoms with E-state index in [1.807, 2.05) is 43.6 Å². The predicted molar refractivity (Wildman–Crippen MR) is 86.2 cm³/mol. The van der Waals surface area contributed by atoms with Gasteiger partial charge in [0.2, 0.25) is 0 Å². The topological polar surface area (TPSA) is 50.7 Å². The highest BCUT2D eigenvalue weighted by atomic mass is 16.1. The Morgan fingerprint density at radius 3 is 2.95 bits per heavy atom. The number of aromatic amines is 1. The van der Waals surface area contributed by atoms with Crippen LogP contribution < -0.4 is 0 Å². The Labute approximate surface area is 129 Å². The summed E-state index contributed by atoms with van der Waals surface area (Å²) in [6.07, 6.45) is 5.32. The molecule has 4 nitrogen and oxygen atoms in total. The van der Waals surface area contributed by atoms with E-state index in [1.54, 1.807) is 0 Å². The fourth-order valence-electron chi connectivity index (χ4n) is 3.63. The van der Waals surface area contributed by atoms with Crippen LogP contribution in [-0.4, -0.2) is 20.3 Å². The number of nitrogens with one attached hydrogen (secondary N) is 1. The molecule has 112 valence electrons. The van der Waals surface area contributed by atoms with Gasteiger partial charge in [-0.2, -0.15) is 0 Å². The molecule has 1 aliphatic carbocycles. The van der Waals surface area contributed by atoms with Crippen LogP contribution in [0.15, 0.2) is 36.7 Å². The SMILES string of the molecule is Cc1nccn1CC1(C)CCC(=O)c2c1[nH]c1ccccc21. The minimum Gasteiger partial charge on any atom is -0.357 e. The normalized spacial score (nSPS) is 21.3. The molecule has 2 heterocycles. The zero-order valence-electron chi connectivity index (χ0n) is 12.9. The summed E-state index contributed by atoms with van der Waals surface area (Å²) in [7, 11) is 0. The second-order valence-corrected chi connectivity index (χ2v) is 6.51. The van der Waals surface area contributed by atoms with Crippen molar-refractivity contribution in [3.63, 3.8) is 0 Å². The van der Waals surface area contributed by atoms with Gasteiger partial charge in [0, 0.05) is 52.9 Å². The third kappa shape index (κ3) is 1.83. The molecule has 1 unspecified atom stereocenters. The summed E-state index contributed by atoms with van der Waals surface area (Å²) in [5, 5.41) is 1.05. The molecule has 4 heteroatoms. The molecule has 0 bridgehead atoms. The highest BCUT2D eigenvalue weighted by molar-refractivity contribution is 6.10. The summed E-state index contributed by atoms with van der Waals surface area (Å²) >= 11 is 0. The molecule has 0 spiro atoms. The van der Waals surface area contributed by atoms with Gasteiger partial charge in [-0.25, -0.2) is 4.98 Å². The lowest BCUT2D eigenvalue weighted by Crippen LogP contribution is -2.34. The molecule has 22 heavy (non-hydrogen) atoms. The van der Waals surface area contributed by atoms with E-state index in [1.165, 1.54) is 0 Å². The fraction of sp³-hybridized carbons (Fsp3) is 0.333. The van der Waals surface area contributed by atoms with Crippen LogP contribution in [0.4, 0.5) is 0 Å². The number of hydrogen-bond donors (Lipinski definition) is 1. The second kappa shape index (κ2) is 4.57. The number of aryl methyl sites for hydroxylation is 1. The molecule has 1 aliphatic rings. The molecular weight excluding hydrogens is 274 g/mol. The maximum absolute atomic E-state index is 12.5. The van der Waals surface area contributed by atoms with Crippen molar-refractivity contribution in [2.75, 3.05) is 0 Å². The number of benzene rings is 1. The van der Waals surface area contributed by atoms with Crippen LogP contribution in [0.1, 0.15) is 41.6 Å². The van der Waals surface area contributed by atoms with Crippen molar-refractivity contribution in [2.45, 2.75) is 38.6 Å². The molecule has 0 fully saturated rings. The van der Waals surface area contributed by atoms with E-state index in [4.69, 9.17) is 0 Å². The Kier molecular flexibility index (Phi) is 2.76. The van der Waals surface area contributed by atoms with E-state index < -0.39 is 0 Å². The number of rotatable bonds is 2. The summed E-state index contributed by atoms with van der Waals surface area (Å²) in [6, 6.07) is 8.09. The van der Waals surface area contributed by atoms with Gasteiger partial charge < -0.3 is 9.55 Å². The number of para-hydroxylation sites is 1. The Morgan fingerprint density at radius 1 is 1.36 bits per heavy atom. The van der Waals surface area contributed by atoms with Crippen molar-refractivity contribution in [3.05, 3.63) is 53.7 Å². The Bertz CT molecular complexity index is 873. The van der Waals surface area contributed by atoms with Crippen LogP contribution >= 0.6 is 0 Å². The largest absolute Gasteiger partial charge is 0.357 e. The molecule has 0 radical (unpaired) electrons. The molecular formula is C18H19N3O. The summed E-state index contributed by atoms with van der Waals surface area (Å²) in [6.45, 7) is 5.10. The molecule has 3 aromatic rings. The predicted octanol–water partition coefficient (Wildman–Crippen LogP) is 3.61. The van der Waals surface area contributed by atoms with Crippen LogP contribution in [0, 0.1) is 6.92 Å². The lowest BCUT2D eigenvalue weighted by molar-refractivity contribution is 0.0951. The summed E-state index contributed by atoms with van der Waals surface area (Å²) in [5.74, 6) is 1.27. The number of imidazole rings is 1. The Balaban J connectivity index is 1.89. The van der Waals surface area contributed by atoms with E-state index in [-0.39, 0.29) is 11.2 Å². The van der Waals surface area contributed by atoms with E-state index in [0.29, 0.717) is 6.42 Å². The maximum atomic E-state index is 12.5. The van der Waals surface area contributed by atoms with Crippen LogP contribution in [-0.2, 0) is 12.0 Å². The molecule has 1 aromatic carbocycles. The average molecular weight is 293 g/mol. The van der Waals surface area contributed by atoms with E-state index in [2.05, 4.69) is 21.5 Å². The zero-order valence-corrected chi connectivity index (χ0v) is 12.9. The van der Waals surface area contributed by atoms with E-state index >= 15 is 0 Å². The van der Waals surface area contributed by atoms with Crippen molar-refractivity contribution in [2.24, 2.45) is 0 Å². The number of aromatic nitrogens is 3. The first kappa shape index (κ1) is 13.3. The molecule has 4 rings (SSSR count). The van der Waals surface area contributed by atoms with E-state index in [0.717, 1.165) is 41.0 Å². The first-order valence-corrected chi connectivity index (χ1v) is 7.71. The minimum atomic E-state index is -0.0757. The summed E-state index contributed by atoms with van der Waals surface area (Å²) < 4.78 is 2.17. The lowest BCUT2D eigenvalue weighted by Gasteiger charge is -2.34. The minimum absolute atomic E-state index is 0.0757. The van der Waals surface area contributed by atoms with Gasteiger partial charge in [-0.1, -0.05) is 25.1 Å². The number of Topliss-reactive ketones (excluding diaryl/α,β-unsaturated/α-hetero) is 1. The maximum Gasteiger partial charge on any atom is 0.165 e. The van der Waals surface area contributed by atoms with Crippen LogP contribution in [0.3, 0.4) is 0 Å². The van der Waals surface area contributed by atoms with Crippen LogP contribution in [0.5, 0.6) is 0 Å². The third-order valence-corrected chi connectivity index (χ3v) is 4.94. The van der Waals surface area contributed by atoms with Crippen molar-refractivity contribution in [3.8, 4) is 0 Å². The van der Waals surface area contributed by atoms with Gasteiger partial charge in [-0.3, -0.25) is 4.79 Å². The molecule has 1 atom stereocenters. The lowest BCUT2D eigenvalue weighted by atomic mass is 9.74. The molecule has 0 saturated heterocycles. The number of hydrogen-bond acceptors (Lipinski definition) is 2. The number of H-pyrrole nitrogens is 1. The molecule has 0 saturated carbocycles. The Hall–Kier alpha value is -2.36. The van der Waals surface area contributed by atoms with E-state index in [9.17, 15) is 4.79 Å². The van der Waals surface area contributed by atoms with Gasteiger partial charge in [0.25, 0.3) is 0 Å². The highest BCUT2D eigenvalue weighted by Crippen LogP contribution is 2.41. The fourth-order valence-corrected chi connectivity index (χ4v) is 3.63. The van der Waals surface area contributed by atoms with Crippen molar-refractivity contribution in [1.29, 1.82) is 0 Å². The number of carbonyl (C=O) groups is 1. The van der Waals surface area contributed by atoms with Gasteiger partial charge in [0.1, 0.15) is 5.82 Å². The first-order chi connectivity index (χ1) is 10.6. The summed E-state index contributed by atoms with van der Waals surface area (Å²) in [5.41, 5.74) is 2.95. The van der Waals surface area contributed by atoms with Gasteiger partial charge in [0.15, 0.2) is 5.78 Å². The molecule has 2 aromatic heterocycles. The molecule has 0 aliphatic heterocycles. The van der Waals surface area contributed by atoms with Crippen molar-refractivity contribution >= 4 is 16.7 Å². The number of carbonyl (C=O) groups excluding carboxylic acids is 1. The number of fused-ring (bicyclic) bond motifs is 3. The van der Waals surface area contributed by atoms with Crippen LogP contribution in [0.2, 0.25) is 0 Å². The molecule has 1 N–H and O–H groups in total. The van der Waals surface area contributed by atoms with Gasteiger partial charge in [-0.05, 0) is 19.4 Å². The number of nitrogens with zero attached hydrogens (tertiary/aromatic N) is 2. The quantitative estimate of drug-likeness (QED) is 0.784. The van der Waals surface area contributed by atoms with Crippen molar-refractivity contribution < 1.29 is 4.79 Å². The monoisotopic (exact) mass is 293 g/mol. The first-order valence-electron chi connectivity index (χ1n) is 7.71. The smallest absolute Gasteiger partial charge is 0.165 e. The average Bonchev–Trinajstić information content (AvgIpc) is 3.09. The van der Waals surface area contributed by atoms with Crippen molar-refractivity contribution in [1.82, 2.24) is 14.5 Å². The van der Waals surface area contributed by atoms with Gasteiger partial charge in [0.05, 0.1) is 0 Å². The van der Waals surface area contributed by atoms with Gasteiger partial charge in [-0.15, -0.1) is 0 Å². The second-order valence-electron chi connectivity index (χ2n) is 6.51. The Morgan fingerprint density at radius 2 is 2.18 bits per heavy atom. The standard InChI is InChI=1S/C18H19N3O/c1-12-19-9-10-21(12)11-18(2)8-7-15(22)16-13-5-3-4-6-14(13)20-17(16)18/h3-6,9-10,20H,7-8,11H2,1-2H3. The van der Waals surface area contributed by atoms with Crippen LogP contribution in [0.25, 0.3) is 10.9 Å². The molecule has 0 amide bonds.